The van der Waals surface area contributed by atoms with E-state index >= 15 is 0 Å². The zero-order chi connectivity index (χ0) is 15.0. The Morgan fingerprint density at radius 1 is 1.45 bits per heavy atom. The van der Waals surface area contributed by atoms with Gasteiger partial charge >= 0.3 is 0 Å². The molecule has 0 atom stereocenters. The summed E-state index contributed by atoms with van der Waals surface area (Å²) in [5, 5.41) is 9.09. The first-order valence-electron chi connectivity index (χ1n) is 6.46. The van der Waals surface area contributed by atoms with Gasteiger partial charge in [-0.2, -0.15) is 0 Å². The zero-order valence-corrected chi connectivity index (χ0v) is 13.5. The molecule has 4 nitrogen and oxygen atoms in total. The Bertz CT molecular complexity index is 609. The third-order valence-electron chi connectivity index (χ3n) is 3.88. The molecule has 0 spiro atoms. The summed E-state index contributed by atoms with van der Waals surface area (Å²) in [6.07, 6.45) is 3.18. The first-order valence-corrected chi connectivity index (χ1v) is 8.74. The predicted molar refractivity (Wildman–Crippen MR) is 77.2 cm³/mol. The second kappa shape index (κ2) is 5.71. The number of benzene rings is 1. The van der Waals surface area contributed by atoms with E-state index in [-0.39, 0.29) is 5.56 Å². The number of nitrogens with one attached hydrogen (secondary N) is 1. The lowest BCUT2D eigenvalue weighted by Gasteiger charge is -2.41. The SMILES string of the molecule is CCC1(NS(=O)(=O)c2cc(Br)cc(CO)c2F)CCC1. The van der Waals surface area contributed by atoms with Gasteiger partial charge in [0.25, 0.3) is 0 Å². The van der Waals surface area contributed by atoms with E-state index in [0.29, 0.717) is 10.9 Å². The summed E-state index contributed by atoms with van der Waals surface area (Å²) < 4.78 is 42.0. The van der Waals surface area contributed by atoms with Crippen molar-refractivity contribution in [3.05, 3.63) is 28.0 Å². The van der Waals surface area contributed by atoms with Crippen LogP contribution in [0, 0.1) is 5.82 Å². The molecule has 1 fully saturated rings. The average Bonchev–Trinajstić information content (AvgIpc) is 2.36. The van der Waals surface area contributed by atoms with Crippen LogP contribution in [0.4, 0.5) is 4.39 Å². The summed E-state index contributed by atoms with van der Waals surface area (Å²) in [5.41, 5.74) is -0.494. The number of hydrogen-bond donors (Lipinski definition) is 2. The van der Waals surface area contributed by atoms with Crippen LogP contribution in [-0.2, 0) is 16.6 Å². The van der Waals surface area contributed by atoms with Gasteiger partial charge in [0.15, 0.2) is 0 Å². The lowest BCUT2D eigenvalue weighted by molar-refractivity contribution is 0.213. The maximum Gasteiger partial charge on any atom is 0.244 e. The Hall–Kier alpha value is -0.500. The van der Waals surface area contributed by atoms with Crippen LogP contribution in [0.2, 0.25) is 0 Å². The van der Waals surface area contributed by atoms with Crippen molar-refractivity contribution < 1.29 is 17.9 Å². The number of sulfonamides is 1. The average molecular weight is 366 g/mol. The van der Waals surface area contributed by atoms with E-state index in [4.69, 9.17) is 5.11 Å². The van der Waals surface area contributed by atoms with Crippen LogP contribution in [0.1, 0.15) is 38.2 Å². The van der Waals surface area contributed by atoms with Gasteiger partial charge in [0.2, 0.25) is 10.0 Å². The monoisotopic (exact) mass is 365 g/mol. The molecule has 0 aliphatic heterocycles. The van der Waals surface area contributed by atoms with Gasteiger partial charge in [-0.3, -0.25) is 0 Å². The molecule has 1 aromatic carbocycles. The summed E-state index contributed by atoms with van der Waals surface area (Å²) in [7, 11) is -3.94. The number of aliphatic hydroxyl groups excluding tert-OH is 1. The lowest BCUT2D eigenvalue weighted by Crippen LogP contribution is -2.52. The van der Waals surface area contributed by atoms with Crippen molar-refractivity contribution in [2.75, 3.05) is 0 Å². The molecule has 0 aromatic heterocycles. The Balaban J connectivity index is 2.42. The highest BCUT2D eigenvalue weighted by Crippen LogP contribution is 2.36. The van der Waals surface area contributed by atoms with E-state index in [1.807, 2.05) is 6.92 Å². The van der Waals surface area contributed by atoms with E-state index < -0.39 is 32.9 Å². The summed E-state index contributed by atoms with van der Waals surface area (Å²) >= 11 is 3.14. The largest absolute Gasteiger partial charge is 0.392 e. The van der Waals surface area contributed by atoms with Crippen LogP contribution in [-0.4, -0.2) is 19.1 Å². The van der Waals surface area contributed by atoms with Crippen LogP contribution in [0.5, 0.6) is 0 Å². The molecular formula is C13H17BrFNO3S. The van der Waals surface area contributed by atoms with Gasteiger partial charge < -0.3 is 5.11 Å². The number of aliphatic hydroxyl groups is 1. The number of halogens is 2. The second-order valence-corrected chi connectivity index (χ2v) is 7.69. The number of hydrogen-bond acceptors (Lipinski definition) is 3. The Morgan fingerprint density at radius 2 is 2.10 bits per heavy atom. The van der Waals surface area contributed by atoms with Gasteiger partial charge in [-0.1, -0.05) is 22.9 Å². The smallest absolute Gasteiger partial charge is 0.244 e. The molecule has 20 heavy (non-hydrogen) atoms. The molecule has 2 N–H and O–H groups in total. The lowest BCUT2D eigenvalue weighted by atomic mass is 9.76. The molecule has 7 heteroatoms. The van der Waals surface area contributed by atoms with Gasteiger partial charge in [-0.15, -0.1) is 0 Å². The van der Waals surface area contributed by atoms with Crippen molar-refractivity contribution in [2.45, 2.75) is 49.6 Å². The van der Waals surface area contributed by atoms with Gasteiger partial charge in [0.05, 0.1) is 6.61 Å². The summed E-state index contributed by atoms with van der Waals surface area (Å²) in [5.74, 6) is -0.895. The summed E-state index contributed by atoms with van der Waals surface area (Å²) in [6.45, 7) is 1.37. The van der Waals surface area contributed by atoms with Gasteiger partial charge in [-0.25, -0.2) is 17.5 Å². The highest BCUT2D eigenvalue weighted by molar-refractivity contribution is 9.10. The second-order valence-electron chi connectivity index (χ2n) is 5.13. The first-order chi connectivity index (χ1) is 9.33. The fraction of sp³-hybridized carbons (Fsp3) is 0.538. The van der Waals surface area contributed by atoms with E-state index in [1.54, 1.807) is 0 Å². The molecule has 0 heterocycles. The fourth-order valence-corrected chi connectivity index (χ4v) is 4.73. The maximum absolute atomic E-state index is 14.1. The molecular weight excluding hydrogens is 349 g/mol. The van der Waals surface area contributed by atoms with E-state index in [2.05, 4.69) is 20.7 Å². The topological polar surface area (TPSA) is 66.4 Å². The molecule has 0 bridgehead atoms. The standard InChI is InChI=1S/C13H17BrFNO3S/c1-2-13(4-3-5-13)16-20(18,19)11-7-10(14)6-9(8-17)12(11)15/h6-7,16-17H,2-5,8H2,1H3. The molecule has 112 valence electrons. The fourth-order valence-electron chi connectivity index (χ4n) is 2.40. The minimum absolute atomic E-state index is 0.0427. The molecule has 1 aromatic rings. The molecule has 0 amide bonds. The van der Waals surface area contributed by atoms with Gasteiger partial charge in [-0.05, 0) is 37.8 Å². The minimum Gasteiger partial charge on any atom is -0.392 e. The van der Waals surface area contributed by atoms with Crippen molar-refractivity contribution in [3.63, 3.8) is 0 Å². The van der Waals surface area contributed by atoms with Gasteiger partial charge in [0, 0.05) is 15.6 Å². The molecule has 0 radical (unpaired) electrons. The van der Waals surface area contributed by atoms with Crippen molar-refractivity contribution in [3.8, 4) is 0 Å². The van der Waals surface area contributed by atoms with Crippen LogP contribution in [0.15, 0.2) is 21.5 Å². The summed E-state index contributed by atoms with van der Waals surface area (Å²) in [4.78, 5) is -0.421. The number of rotatable bonds is 5. The Kier molecular flexibility index (Phi) is 4.53. The first kappa shape index (κ1) is 15.9. The van der Waals surface area contributed by atoms with E-state index in [9.17, 15) is 12.8 Å². The van der Waals surface area contributed by atoms with Crippen molar-refractivity contribution in [2.24, 2.45) is 0 Å². The Morgan fingerprint density at radius 3 is 2.55 bits per heavy atom. The van der Waals surface area contributed by atoms with E-state index in [1.165, 1.54) is 12.1 Å². The maximum atomic E-state index is 14.1. The summed E-state index contributed by atoms with van der Waals surface area (Å²) in [6, 6.07) is 2.59. The quantitative estimate of drug-likeness (QED) is 0.842. The zero-order valence-electron chi connectivity index (χ0n) is 11.1. The highest BCUT2D eigenvalue weighted by atomic mass is 79.9. The minimum atomic E-state index is -3.94. The molecule has 1 aliphatic rings. The van der Waals surface area contributed by atoms with Gasteiger partial charge in [0.1, 0.15) is 10.7 Å². The molecule has 1 aliphatic carbocycles. The van der Waals surface area contributed by atoms with Crippen LogP contribution in [0.3, 0.4) is 0 Å². The van der Waals surface area contributed by atoms with Crippen LogP contribution in [0.25, 0.3) is 0 Å². The third kappa shape index (κ3) is 2.90. The molecule has 0 unspecified atom stereocenters. The molecule has 1 saturated carbocycles. The molecule has 0 saturated heterocycles. The van der Waals surface area contributed by atoms with Crippen molar-refractivity contribution in [1.29, 1.82) is 0 Å². The molecule has 2 rings (SSSR count). The Labute approximate surface area is 126 Å². The van der Waals surface area contributed by atoms with Crippen molar-refractivity contribution in [1.82, 2.24) is 4.72 Å². The van der Waals surface area contributed by atoms with Crippen LogP contribution >= 0.6 is 15.9 Å². The van der Waals surface area contributed by atoms with Crippen molar-refractivity contribution >= 4 is 26.0 Å². The normalized spacial score (nSPS) is 17.8. The third-order valence-corrected chi connectivity index (χ3v) is 5.91. The highest BCUT2D eigenvalue weighted by Gasteiger charge is 2.40. The predicted octanol–water partition coefficient (Wildman–Crippen LogP) is 2.69. The van der Waals surface area contributed by atoms with Crippen LogP contribution < -0.4 is 4.72 Å². The van der Waals surface area contributed by atoms with E-state index in [0.717, 1.165) is 19.3 Å².